The number of hydrogen-bond donors (Lipinski definition) is 0. The summed E-state index contributed by atoms with van der Waals surface area (Å²) in [5.41, 5.74) is 0. The van der Waals surface area contributed by atoms with Gasteiger partial charge in [-0.2, -0.15) is 0 Å². The Balaban J connectivity index is 2.10. The van der Waals surface area contributed by atoms with Crippen molar-refractivity contribution in [1.82, 2.24) is 4.90 Å². The van der Waals surface area contributed by atoms with E-state index in [9.17, 15) is 0 Å². The quantitative estimate of drug-likeness (QED) is 0.650. The molecule has 1 heterocycles. The first kappa shape index (κ1) is 12.0. The van der Waals surface area contributed by atoms with Gasteiger partial charge in [0.15, 0.2) is 0 Å². The molecule has 1 atom stereocenters. The summed E-state index contributed by atoms with van der Waals surface area (Å²) >= 11 is 0. The van der Waals surface area contributed by atoms with Gasteiger partial charge in [-0.3, -0.25) is 0 Å². The van der Waals surface area contributed by atoms with Crippen LogP contribution in [0, 0.1) is 5.92 Å². The number of piperidine rings is 1. The summed E-state index contributed by atoms with van der Waals surface area (Å²) in [5, 5.41) is 0. The minimum Gasteiger partial charge on any atom is -0.301 e. The molecule has 1 rings (SSSR count). The van der Waals surface area contributed by atoms with Gasteiger partial charge in [-0.15, -0.1) is 0 Å². The van der Waals surface area contributed by atoms with E-state index < -0.39 is 0 Å². The zero-order chi connectivity index (χ0) is 10.4. The first-order chi connectivity index (χ1) is 6.70. The molecule has 1 nitrogen and oxygen atoms in total. The third kappa shape index (κ3) is 4.45. The van der Waals surface area contributed by atoms with Gasteiger partial charge in [0.1, 0.15) is 0 Å². The molecule has 0 aromatic carbocycles. The third-order valence-electron chi connectivity index (χ3n) is 3.42. The second kappa shape index (κ2) is 6.44. The lowest BCUT2D eigenvalue weighted by Crippen LogP contribution is -2.37. The molecule has 0 N–H and O–H groups in total. The second-order valence-electron chi connectivity index (χ2n) is 5.27. The Hall–Kier alpha value is -0.0400. The van der Waals surface area contributed by atoms with Crippen molar-refractivity contribution in [1.29, 1.82) is 0 Å². The maximum absolute atomic E-state index is 2.68. The van der Waals surface area contributed by atoms with Crippen LogP contribution in [0.1, 0.15) is 59.3 Å². The van der Waals surface area contributed by atoms with Crippen molar-refractivity contribution in [2.24, 2.45) is 5.92 Å². The molecule has 0 unspecified atom stereocenters. The Kier molecular flexibility index (Phi) is 5.54. The van der Waals surface area contributed by atoms with E-state index in [1.54, 1.807) is 0 Å². The summed E-state index contributed by atoms with van der Waals surface area (Å²) in [4.78, 5) is 2.68. The highest BCUT2D eigenvalue weighted by atomic mass is 15.1. The van der Waals surface area contributed by atoms with Gasteiger partial charge >= 0.3 is 0 Å². The van der Waals surface area contributed by atoms with Gasteiger partial charge < -0.3 is 4.90 Å². The highest BCUT2D eigenvalue weighted by molar-refractivity contribution is 4.71. The van der Waals surface area contributed by atoms with E-state index in [4.69, 9.17) is 0 Å². The molecule has 1 aliphatic heterocycles. The lowest BCUT2D eigenvalue weighted by Gasteiger charge is -2.32. The van der Waals surface area contributed by atoms with Crippen molar-refractivity contribution >= 4 is 0 Å². The second-order valence-corrected chi connectivity index (χ2v) is 5.27. The molecule has 0 saturated carbocycles. The molecule has 0 aromatic rings. The van der Waals surface area contributed by atoms with Gasteiger partial charge in [0.25, 0.3) is 0 Å². The van der Waals surface area contributed by atoms with Gasteiger partial charge in [-0.05, 0) is 45.2 Å². The Morgan fingerprint density at radius 2 is 1.57 bits per heavy atom. The molecule has 1 heteroatoms. The van der Waals surface area contributed by atoms with Crippen LogP contribution < -0.4 is 0 Å². The molecule has 84 valence electrons. The summed E-state index contributed by atoms with van der Waals surface area (Å²) in [6, 6.07) is 0.828. The Labute approximate surface area is 89.9 Å². The zero-order valence-electron chi connectivity index (χ0n) is 10.3. The molecule has 0 bridgehead atoms. The van der Waals surface area contributed by atoms with E-state index >= 15 is 0 Å². The smallest absolute Gasteiger partial charge is 0.00669 e. The highest BCUT2D eigenvalue weighted by Crippen LogP contribution is 2.16. The average molecular weight is 197 g/mol. The first-order valence-corrected chi connectivity index (χ1v) is 6.44. The van der Waals surface area contributed by atoms with E-state index in [1.165, 1.54) is 51.6 Å². The Morgan fingerprint density at radius 3 is 2.14 bits per heavy atom. The fraction of sp³-hybridized carbons (Fsp3) is 1.00. The van der Waals surface area contributed by atoms with Crippen LogP contribution >= 0.6 is 0 Å². The topological polar surface area (TPSA) is 3.24 Å². The molecule has 14 heavy (non-hydrogen) atoms. The van der Waals surface area contributed by atoms with Crippen LogP contribution in [0.15, 0.2) is 0 Å². The predicted octanol–water partition coefficient (Wildman–Crippen LogP) is 3.69. The van der Waals surface area contributed by atoms with Crippen molar-refractivity contribution < 1.29 is 0 Å². The Bertz CT molecular complexity index is 136. The Morgan fingerprint density at radius 1 is 0.929 bits per heavy atom. The van der Waals surface area contributed by atoms with Crippen molar-refractivity contribution in [2.45, 2.75) is 65.3 Å². The number of nitrogens with zero attached hydrogens (tertiary/aromatic N) is 1. The molecule has 1 aliphatic rings. The van der Waals surface area contributed by atoms with Gasteiger partial charge in [-0.1, -0.05) is 33.1 Å². The van der Waals surface area contributed by atoms with Crippen molar-refractivity contribution in [3.63, 3.8) is 0 Å². The van der Waals surface area contributed by atoms with Gasteiger partial charge in [-0.25, -0.2) is 0 Å². The number of rotatable bonds is 5. The van der Waals surface area contributed by atoms with Crippen LogP contribution in [0.2, 0.25) is 0 Å². The van der Waals surface area contributed by atoms with Gasteiger partial charge in [0.05, 0.1) is 0 Å². The molecule has 0 aromatic heterocycles. The molecule has 1 fully saturated rings. The molecular formula is C13H27N. The van der Waals surface area contributed by atoms with Crippen LogP contribution in [0.3, 0.4) is 0 Å². The average Bonchev–Trinajstić information content (AvgIpc) is 2.18. The third-order valence-corrected chi connectivity index (χ3v) is 3.42. The van der Waals surface area contributed by atoms with E-state index in [-0.39, 0.29) is 0 Å². The summed E-state index contributed by atoms with van der Waals surface area (Å²) in [5.74, 6) is 0.878. The normalized spacial score (nSPS) is 21.4. The van der Waals surface area contributed by atoms with E-state index in [0.717, 1.165) is 12.0 Å². The maximum atomic E-state index is 2.68. The summed E-state index contributed by atoms with van der Waals surface area (Å²) in [7, 11) is 0. The molecule has 0 radical (unpaired) electrons. The number of likely N-dealkylation sites (tertiary alicyclic amines) is 1. The van der Waals surface area contributed by atoms with E-state index in [2.05, 4.69) is 25.7 Å². The van der Waals surface area contributed by atoms with Crippen LogP contribution in [0.4, 0.5) is 0 Å². The molecule has 1 saturated heterocycles. The van der Waals surface area contributed by atoms with Crippen LogP contribution in [-0.2, 0) is 0 Å². The van der Waals surface area contributed by atoms with E-state index in [0.29, 0.717) is 0 Å². The predicted molar refractivity (Wildman–Crippen MR) is 63.6 cm³/mol. The zero-order valence-corrected chi connectivity index (χ0v) is 10.3. The number of hydrogen-bond acceptors (Lipinski definition) is 1. The standard InChI is InChI=1S/C13H27N/c1-12(2)8-7-9-13(3)14-10-5-4-6-11-14/h12-13H,4-11H2,1-3H3/t13-/m0/s1. The lowest BCUT2D eigenvalue weighted by molar-refractivity contribution is 0.163. The van der Waals surface area contributed by atoms with Crippen LogP contribution in [-0.4, -0.2) is 24.0 Å². The molecule has 0 amide bonds. The van der Waals surface area contributed by atoms with Gasteiger partial charge in [0, 0.05) is 6.04 Å². The van der Waals surface area contributed by atoms with Crippen LogP contribution in [0.25, 0.3) is 0 Å². The lowest BCUT2D eigenvalue weighted by atomic mass is 10.0. The van der Waals surface area contributed by atoms with Crippen molar-refractivity contribution in [3.8, 4) is 0 Å². The maximum Gasteiger partial charge on any atom is 0.00669 e. The summed E-state index contributed by atoms with van der Waals surface area (Å²) < 4.78 is 0. The van der Waals surface area contributed by atoms with Crippen molar-refractivity contribution in [3.05, 3.63) is 0 Å². The van der Waals surface area contributed by atoms with Crippen LogP contribution in [0.5, 0.6) is 0 Å². The largest absolute Gasteiger partial charge is 0.301 e. The fourth-order valence-electron chi connectivity index (χ4n) is 2.36. The van der Waals surface area contributed by atoms with E-state index in [1.807, 2.05) is 0 Å². The monoisotopic (exact) mass is 197 g/mol. The molecule has 0 spiro atoms. The summed E-state index contributed by atoms with van der Waals surface area (Å²) in [6.07, 6.45) is 8.52. The fourth-order valence-corrected chi connectivity index (χ4v) is 2.36. The molecular weight excluding hydrogens is 170 g/mol. The SMILES string of the molecule is CC(C)CCC[C@H](C)N1CCCCC1. The first-order valence-electron chi connectivity index (χ1n) is 6.44. The summed E-state index contributed by atoms with van der Waals surface area (Å²) in [6.45, 7) is 9.76. The minimum atomic E-state index is 0.828. The molecule has 0 aliphatic carbocycles. The van der Waals surface area contributed by atoms with Gasteiger partial charge in [0.2, 0.25) is 0 Å². The minimum absolute atomic E-state index is 0.828. The van der Waals surface area contributed by atoms with Crippen molar-refractivity contribution in [2.75, 3.05) is 13.1 Å². The highest BCUT2D eigenvalue weighted by Gasteiger charge is 2.15.